The van der Waals surface area contributed by atoms with Gasteiger partial charge in [0.05, 0.1) is 6.10 Å². The van der Waals surface area contributed by atoms with Crippen LogP contribution in [0, 0.1) is 5.92 Å². The van der Waals surface area contributed by atoms with E-state index in [2.05, 4.69) is 10.6 Å². The third kappa shape index (κ3) is 4.57. The van der Waals surface area contributed by atoms with E-state index < -0.39 is 5.79 Å². The number of aliphatic hydroxyl groups is 1. The maximum atomic E-state index is 12.0. The number of nitrogens with one attached hydrogen (secondary N) is 2. The van der Waals surface area contributed by atoms with Gasteiger partial charge in [-0.1, -0.05) is 13.3 Å². The summed E-state index contributed by atoms with van der Waals surface area (Å²) in [5.41, 5.74) is 0.677. The van der Waals surface area contributed by atoms with Crippen molar-refractivity contribution >= 4 is 11.7 Å². The average molecular weight is 348 g/mol. The zero-order valence-electron chi connectivity index (χ0n) is 15.0. The van der Waals surface area contributed by atoms with Gasteiger partial charge in [-0.2, -0.15) is 0 Å². The van der Waals surface area contributed by atoms with E-state index in [1.165, 1.54) is 6.42 Å². The van der Waals surface area contributed by atoms with E-state index in [0.717, 1.165) is 31.4 Å². The second-order valence-corrected chi connectivity index (χ2v) is 7.36. The minimum atomic E-state index is -0.502. The molecule has 2 unspecified atom stereocenters. The molecule has 1 aromatic carbocycles. The molecule has 0 saturated heterocycles. The minimum absolute atomic E-state index is 0.216. The van der Waals surface area contributed by atoms with Crippen LogP contribution in [-0.2, 0) is 0 Å². The molecule has 0 aromatic heterocycles. The Kier molecular flexibility index (Phi) is 5.37. The van der Waals surface area contributed by atoms with Gasteiger partial charge in [-0.05, 0) is 44.2 Å². The normalized spacial score (nSPS) is 20.1. The predicted molar refractivity (Wildman–Crippen MR) is 96.0 cm³/mol. The van der Waals surface area contributed by atoms with E-state index in [1.807, 2.05) is 25.1 Å². The van der Waals surface area contributed by atoms with Crippen molar-refractivity contribution in [2.75, 3.05) is 11.9 Å². The Hall–Kier alpha value is -1.95. The van der Waals surface area contributed by atoms with E-state index in [0.29, 0.717) is 24.4 Å². The summed E-state index contributed by atoms with van der Waals surface area (Å²) in [4.78, 5) is 12.0. The Morgan fingerprint density at radius 2 is 1.92 bits per heavy atom. The largest absolute Gasteiger partial charge is 0.448 e. The quantitative estimate of drug-likeness (QED) is 0.759. The second kappa shape index (κ2) is 7.52. The topological polar surface area (TPSA) is 79.8 Å². The Morgan fingerprint density at radius 1 is 1.20 bits per heavy atom. The lowest BCUT2D eigenvalue weighted by Crippen LogP contribution is -2.40. The molecule has 3 N–H and O–H groups in total. The molecular formula is C19H28N2O4. The first kappa shape index (κ1) is 17.9. The average Bonchev–Trinajstić information content (AvgIpc) is 2.89. The Balaban J connectivity index is 1.53. The van der Waals surface area contributed by atoms with E-state index >= 15 is 0 Å². The van der Waals surface area contributed by atoms with Crippen LogP contribution in [0.15, 0.2) is 18.2 Å². The maximum Gasteiger partial charge on any atom is 0.319 e. The lowest BCUT2D eigenvalue weighted by Gasteiger charge is -2.31. The standard InChI is InChI=1S/C19H28N2O4/c1-13(10-14(2)22)12-20-18(23)21-15-6-7-16-17(11-15)25-19(24-16)8-4-3-5-9-19/h6-7,11,13-14,22H,3-5,8-10,12H2,1-2H3,(H2,20,21,23). The van der Waals surface area contributed by atoms with Crippen molar-refractivity contribution in [3.63, 3.8) is 0 Å². The third-order valence-corrected chi connectivity index (χ3v) is 4.76. The summed E-state index contributed by atoms with van der Waals surface area (Å²) in [6.07, 6.45) is 5.58. The second-order valence-electron chi connectivity index (χ2n) is 7.36. The van der Waals surface area contributed by atoms with Crippen molar-refractivity contribution < 1.29 is 19.4 Å². The molecule has 1 heterocycles. The highest BCUT2D eigenvalue weighted by molar-refractivity contribution is 5.89. The van der Waals surface area contributed by atoms with Gasteiger partial charge >= 0.3 is 6.03 Å². The van der Waals surface area contributed by atoms with Crippen molar-refractivity contribution in [3.05, 3.63) is 18.2 Å². The molecule has 1 aliphatic heterocycles. The van der Waals surface area contributed by atoms with Crippen LogP contribution >= 0.6 is 0 Å². The van der Waals surface area contributed by atoms with Gasteiger partial charge in [0.2, 0.25) is 0 Å². The van der Waals surface area contributed by atoms with Gasteiger partial charge in [-0.15, -0.1) is 0 Å². The molecular weight excluding hydrogens is 320 g/mol. The van der Waals surface area contributed by atoms with Crippen LogP contribution in [0.25, 0.3) is 0 Å². The molecule has 1 aliphatic carbocycles. The molecule has 2 atom stereocenters. The van der Waals surface area contributed by atoms with Crippen molar-refractivity contribution in [1.29, 1.82) is 0 Å². The van der Waals surface area contributed by atoms with Crippen LogP contribution in [0.4, 0.5) is 10.5 Å². The Morgan fingerprint density at radius 3 is 2.64 bits per heavy atom. The number of rotatable bonds is 5. The highest BCUT2D eigenvalue weighted by Gasteiger charge is 2.42. The van der Waals surface area contributed by atoms with Gasteiger partial charge < -0.3 is 25.2 Å². The first-order valence-corrected chi connectivity index (χ1v) is 9.21. The summed E-state index contributed by atoms with van der Waals surface area (Å²) in [5, 5.41) is 15.0. The third-order valence-electron chi connectivity index (χ3n) is 4.76. The lowest BCUT2D eigenvalue weighted by molar-refractivity contribution is -0.105. The van der Waals surface area contributed by atoms with E-state index in [9.17, 15) is 9.90 Å². The van der Waals surface area contributed by atoms with Gasteiger partial charge in [-0.25, -0.2) is 4.79 Å². The van der Waals surface area contributed by atoms with Crippen LogP contribution in [0.5, 0.6) is 11.5 Å². The van der Waals surface area contributed by atoms with Crippen LogP contribution in [-0.4, -0.2) is 29.6 Å². The van der Waals surface area contributed by atoms with E-state index in [4.69, 9.17) is 9.47 Å². The van der Waals surface area contributed by atoms with Crippen LogP contribution < -0.4 is 20.1 Å². The molecule has 6 nitrogen and oxygen atoms in total. The van der Waals surface area contributed by atoms with E-state index in [1.54, 1.807) is 6.92 Å². The zero-order valence-corrected chi connectivity index (χ0v) is 15.0. The molecule has 2 aliphatic rings. The first-order chi connectivity index (χ1) is 12.0. The van der Waals surface area contributed by atoms with E-state index in [-0.39, 0.29) is 18.1 Å². The van der Waals surface area contributed by atoms with Gasteiger partial charge in [0, 0.05) is 31.1 Å². The fourth-order valence-electron chi connectivity index (χ4n) is 3.57. The maximum absolute atomic E-state index is 12.0. The molecule has 6 heteroatoms. The number of fused-ring (bicyclic) bond motifs is 1. The summed E-state index contributed by atoms with van der Waals surface area (Å²) in [6, 6.07) is 5.23. The molecule has 2 amide bonds. The SMILES string of the molecule is CC(O)CC(C)CNC(=O)Nc1ccc2c(c1)OC1(CCCCC1)O2. The van der Waals surface area contributed by atoms with Gasteiger partial charge in [-0.3, -0.25) is 0 Å². The molecule has 25 heavy (non-hydrogen) atoms. The summed E-state index contributed by atoms with van der Waals surface area (Å²) in [6.45, 7) is 4.27. The van der Waals surface area contributed by atoms with Gasteiger partial charge in [0.1, 0.15) is 0 Å². The number of ether oxygens (including phenoxy) is 2. The van der Waals surface area contributed by atoms with Crippen molar-refractivity contribution in [2.24, 2.45) is 5.92 Å². The number of carbonyl (C=O) groups is 1. The summed E-state index contributed by atoms with van der Waals surface area (Å²) in [5.74, 6) is 1.16. The lowest BCUT2D eigenvalue weighted by atomic mass is 9.94. The highest BCUT2D eigenvalue weighted by Crippen LogP contribution is 2.46. The minimum Gasteiger partial charge on any atom is -0.448 e. The number of aliphatic hydroxyl groups excluding tert-OH is 1. The number of amides is 2. The number of hydrogen-bond donors (Lipinski definition) is 3. The number of urea groups is 1. The van der Waals surface area contributed by atoms with Crippen LogP contribution in [0.3, 0.4) is 0 Å². The fraction of sp³-hybridized carbons (Fsp3) is 0.632. The molecule has 1 saturated carbocycles. The molecule has 138 valence electrons. The summed E-state index contributed by atoms with van der Waals surface area (Å²) in [7, 11) is 0. The summed E-state index contributed by atoms with van der Waals surface area (Å²) < 4.78 is 12.1. The molecule has 3 rings (SSSR count). The molecule has 0 bridgehead atoms. The highest BCUT2D eigenvalue weighted by atomic mass is 16.7. The molecule has 1 aromatic rings. The van der Waals surface area contributed by atoms with Crippen molar-refractivity contribution in [3.8, 4) is 11.5 Å². The summed E-state index contributed by atoms with van der Waals surface area (Å²) >= 11 is 0. The number of hydrogen-bond acceptors (Lipinski definition) is 4. The smallest absolute Gasteiger partial charge is 0.319 e. The number of carbonyl (C=O) groups excluding carboxylic acids is 1. The number of anilines is 1. The molecule has 1 fully saturated rings. The van der Waals surface area contributed by atoms with Gasteiger partial charge in [0.25, 0.3) is 5.79 Å². The molecule has 1 spiro atoms. The van der Waals surface area contributed by atoms with Gasteiger partial charge in [0.15, 0.2) is 11.5 Å². The first-order valence-electron chi connectivity index (χ1n) is 9.21. The van der Waals surface area contributed by atoms with Crippen molar-refractivity contribution in [2.45, 2.75) is 64.3 Å². The molecule has 0 radical (unpaired) electrons. The predicted octanol–water partition coefficient (Wildman–Crippen LogP) is 3.65. The fourth-order valence-corrected chi connectivity index (χ4v) is 3.57. The van der Waals surface area contributed by atoms with Crippen LogP contribution in [0.2, 0.25) is 0 Å². The Bertz CT molecular complexity index is 611. The Labute approximate surface area is 148 Å². The van der Waals surface area contributed by atoms with Crippen molar-refractivity contribution in [1.82, 2.24) is 5.32 Å². The number of benzene rings is 1. The van der Waals surface area contributed by atoms with Crippen LogP contribution in [0.1, 0.15) is 52.4 Å². The zero-order chi connectivity index (χ0) is 17.9. The monoisotopic (exact) mass is 348 g/mol.